The molecule has 2 rings (SSSR count). The first-order chi connectivity index (χ1) is 9.73. The van der Waals surface area contributed by atoms with Crippen molar-refractivity contribution in [2.45, 2.75) is 32.1 Å². The zero-order valence-electron chi connectivity index (χ0n) is 12.4. The van der Waals surface area contributed by atoms with Crippen molar-refractivity contribution in [2.75, 3.05) is 32.7 Å². The van der Waals surface area contributed by atoms with Gasteiger partial charge >= 0.3 is 0 Å². The SMILES string of the molecule is COc1ccc(NCC2(CO)CCCCC2)c(OC)c1. The van der Waals surface area contributed by atoms with Crippen LogP contribution in [-0.2, 0) is 0 Å². The Morgan fingerprint density at radius 3 is 2.50 bits per heavy atom. The van der Waals surface area contributed by atoms with Crippen LogP contribution in [-0.4, -0.2) is 32.5 Å². The van der Waals surface area contributed by atoms with Crippen LogP contribution in [0.5, 0.6) is 11.5 Å². The average Bonchev–Trinajstić information content (AvgIpc) is 2.53. The van der Waals surface area contributed by atoms with Gasteiger partial charge in [-0.3, -0.25) is 0 Å². The minimum Gasteiger partial charge on any atom is -0.497 e. The van der Waals surface area contributed by atoms with E-state index in [4.69, 9.17) is 9.47 Å². The summed E-state index contributed by atoms with van der Waals surface area (Å²) in [7, 11) is 3.30. The van der Waals surface area contributed by atoms with Crippen molar-refractivity contribution in [2.24, 2.45) is 5.41 Å². The lowest BCUT2D eigenvalue weighted by Crippen LogP contribution is -2.35. The molecule has 1 aliphatic carbocycles. The van der Waals surface area contributed by atoms with Crippen LogP contribution in [0.2, 0.25) is 0 Å². The van der Waals surface area contributed by atoms with Gasteiger partial charge in [-0.15, -0.1) is 0 Å². The predicted octanol–water partition coefficient (Wildman–Crippen LogP) is 3.06. The molecule has 1 aliphatic rings. The topological polar surface area (TPSA) is 50.7 Å². The molecule has 4 nitrogen and oxygen atoms in total. The van der Waals surface area contributed by atoms with E-state index in [1.165, 1.54) is 19.3 Å². The third-order valence-corrected chi connectivity index (χ3v) is 4.31. The van der Waals surface area contributed by atoms with Gasteiger partial charge < -0.3 is 19.9 Å². The van der Waals surface area contributed by atoms with Gasteiger partial charge in [0, 0.05) is 18.0 Å². The fraction of sp³-hybridized carbons (Fsp3) is 0.625. The Kier molecular flexibility index (Phi) is 5.12. The number of benzene rings is 1. The highest BCUT2D eigenvalue weighted by atomic mass is 16.5. The average molecular weight is 279 g/mol. The van der Waals surface area contributed by atoms with Gasteiger partial charge in [-0.25, -0.2) is 0 Å². The van der Waals surface area contributed by atoms with Crippen molar-refractivity contribution in [1.29, 1.82) is 0 Å². The van der Waals surface area contributed by atoms with Gasteiger partial charge in [-0.2, -0.15) is 0 Å². The molecule has 1 aromatic carbocycles. The molecule has 0 saturated heterocycles. The number of ether oxygens (including phenoxy) is 2. The number of rotatable bonds is 6. The number of aliphatic hydroxyl groups excluding tert-OH is 1. The molecule has 1 aromatic rings. The Morgan fingerprint density at radius 1 is 1.15 bits per heavy atom. The zero-order chi connectivity index (χ0) is 14.4. The molecule has 20 heavy (non-hydrogen) atoms. The van der Waals surface area contributed by atoms with Crippen molar-refractivity contribution in [3.05, 3.63) is 18.2 Å². The maximum absolute atomic E-state index is 9.74. The molecule has 0 aliphatic heterocycles. The van der Waals surface area contributed by atoms with Crippen LogP contribution in [0.1, 0.15) is 32.1 Å². The molecule has 0 atom stereocenters. The Hall–Kier alpha value is -1.42. The Balaban J connectivity index is 2.05. The molecule has 1 saturated carbocycles. The Labute approximate surface area is 121 Å². The summed E-state index contributed by atoms with van der Waals surface area (Å²) in [6, 6.07) is 5.75. The van der Waals surface area contributed by atoms with E-state index in [0.29, 0.717) is 0 Å². The summed E-state index contributed by atoms with van der Waals surface area (Å²) in [4.78, 5) is 0. The summed E-state index contributed by atoms with van der Waals surface area (Å²) in [6.07, 6.45) is 5.89. The second-order valence-electron chi connectivity index (χ2n) is 5.64. The number of methoxy groups -OCH3 is 2. The summed E-state index contributed by atoms with van der Waals surface area (Å²) < 4.78 is 10.6. The first-order valence-electron chi connectivity index (χ1n) is 7.30. The minimum absolute atomic E-state index is 0.0171. The smallest absolute Gasteiger partial charge is 0.145 e. The van der Waals surface area contributed by atoms with Gasteiger partial charge in [-0.1, -0.05) is 19.3 Å². The quantitative estimate of drug-likeness (QED) is 0.840. The summed E-state index contributed by atoms with van der Waals surface area (Å²) in [5.74, 6) is 1.55. The van der Waals surface area contributed by atoms with Crippen LogP contribution < -0.4 is 14.8 Å². The summed E-state index contributed by atoms with van der Waals surface area (Å²) >= 11 is 0. The van der Waals surface area contributed by atoms with Crippen molar-refractivity contribution in [3.8, 4) is 11.5 Å². The molecule has 0 bridgehead atoms. The Bertz CT molecular complexity index is 428. The maximum Gasteiger partial charge on any atom is 0.145 e. The monoisotopic (exact) mass is 279 g/mol. The molecular formula is C16H25NO3. The molecular weight excluding hydrogens is 254 g/mol. The molecule has 0 aromatic heterocycles. The van der Waals surface area contributed by atoms with E-state index in [9.17, 15) is 5.11 Å². The Morgan fingerprint density at radius 2 is 1.90 bits per heavy atom. The van der Waals surface area contributed by atoms with Gasteiger partial charge in [0.05, 0.1) is 26.5 Å². The third-order valence-electron chi connectivity index (χ3n) is 4.31. The molecule has 0 spiro atoms. The van der Waals surface area contributed by atoms with Gasteiger partial charge in [0.15, 0.2) is 0 Å². The van der Waals surface area contributed by atoms with E-state index in [1.54, 1.807) is 14.2 Å². The first-order valence-corrected chi connectivity index (χ1v) is 7.30. The molecule has 112 valence electrons. The van der Waals surface area contributed by atoms with E-state index in [0.717, 1.165) is 36.6 Å². The maximum atomic E-state index is 9.74. The van der Waals surface area contributed by atoms with Crippen LogP contribution in [0.3, 0.4) is 0 Å². The number of aliphatic hydroxyl groups is 1. The second-order valence-corrected chi connectivity index (χ2v) is 5.64. The van der Waals surface area contributed by atoms with Crippen LogP contribution in [0.4, 0.5) is 5.69 Å². The van der Waals surface area contributed by atoms with Crippen LogP contribution in [0.15, 0.2) is 18.2 Å². The lowest BCUT2D eigenvalue weighted by molar-refractivity contribution is 0.0943. The van der Waals surface area contributed by atoms with Gasteiger partial charge in [-0.05, 0) is 25.0 Å². The van der Waals surface area contributed by atoms with E-state index in [1.807, 2.05) is 18.2 Å². The molecule has 0 heterocycles. The molecule has 0 amide bonds. The number of hydrogen-bond donors (Lipinski definition) is 2. The van der Waals surface area contributed by atoms with Gasteiger partial charge in [0.25, 0.3) is 0 Å². The molecule has 1 fully saturated rings. The van der Waals surface area contributed by atoms with Crippen LogP contribution >= 0.6 is 0 Å². The van der Waals surface area contributed by atoms with E-state index >= 15 is 0 Å². The van der Waals surface area contributed by atoms with Crippen molar-refractivity contribution in [3.63, 3.8) is 0 Å². The zero-order valence-corrected chi connectivity index (χ0v) is 12.4. The summed E-state index contributed by atoms with van der Waals surface area (Å²) in [5, 5.41) is 13.2. The molecule has 2 N–H and O–H groups in total. The largest absolute Gasteiger partial charge is 0.497 e. The fourth-order valence-electron chi connectivity index (χ4n) is 2.92. The highest BCUT2D eigenvalue weighted by Crippen LogP contribution is 2.37. The second kappa shape index (κ2) is 6.84. The van der Waals surface area contributed by atoms with E-state index in [-0.39, 0.29) is 12.0 Å². The molecule has 0 radical (unpaired) electrons. The lowest BCUT2D eigenvalue weighted by Gasteiger charge is -2.36. The van der Waals surface area contributed by atoms with Gasteiger partial charge in [0.2, 0.25) is 0 Å². The lowest BCUT2D eigenvalue weighted by atomic mass is 9.74. The van der Waals surface area contributed by atoms with E-state index in [2.05, 4.69) is 5.32 Å². The number of anilines is 1. The van der Waals surface area contributed by atoms with Gasteiger partial charge in [0.1, 0.15) is 11.5 Å². The van der Waals surface area contributed by atoms with Crippen LogP contribution in [0.25, 0.3) is 0 Å². The number of nitrogens with one attached hydrogen (secondary N) is 1. The molecule has 4 heteroatoms. The normalized spacial score (nSPS) is 17.6. The van der Waals surface area contributed by atoms with E-state index < -0.39 is 0 Å². The first kappa shape index (κ1) is 15.0. The standard InChI is InChI=1S/C16H25NO3/c1-19-13-6-7-14(15(10-13)20-2)17-11-16(12-18)8-4-3-5-9-16/h6-7,10,17-18H,3-5,8-9,11-12H2,1-2H3. The molecule has 0 unspecified atom stereocenters. The fourth-order valence-corrected chi connectivity index (χ4v) is 2.92. The number of hydrogen-bond acceptors (Lipinski definition) is 4. The summed E-state index contributed by atoms with van der Waals surface area (Å²) in [6.45, 7) is 1.03. The highest BCUT2D eigenvalue weighted by Gasteiger charge is 2.31. The van der Waals surface area contributed by atoms with Crippen LogP contribution in [0, 0.1) is 5.41 Å². The van der Waals surface area contributed by atoms with Crippen molar-refractivity contribution >= 4 is 5.69 Å². The highest BCUT2D eigenvalue weighted by molar-refractivity contribution is 5.59. The third kappa shape index (κ3) is 3.37. The summed E-state index contributed by atoms with van der Waals surface area (Å²) in [5.41, 5.74) is 0.968. The minimum atomic E-state index is 0.0171. The predicted molar refractivity (Wildman–Crippen MR) is 80.6 cm³/mol. The van der Waals surface area contributed by atoms with Crippen molar-refractivity contribution < 1.29 is 14.6 Å². The van der Waals surface area contributed by atoms with Crippen molar-refractivity contribution in [1.82, 2.24) is 0 Å².